The van der Waals surface area contributed by atoms with Gasteiger partial charge in [-0.15, -0.1) is 11.3 Å². The van der Waals surface area contributed by atoms with Crippen LogP contribution in [0.1, 0.15) is 11.8 Å². The van der Waals surface area contributed by atoms with Gasteiger partial charge in [0.2, 0.25) is 5.95 Å². The van der Waals surface area contributed by atoms with E-state index >= 15 is 0 Å². The molecule has 3 nitrogen and oxygen atoms in total. The molecule has 102 valence electrons. The smallest absolute Gasteiger partial charge is 0.225 e. The first-order valence-electron chi connectivity index (χ1n) is 6.46. The number of hydrogen-bond acceptors (Lipinski definition) is 4. The summed E-state index contributed by atoms with van der Waals surface area (Å²) in [5.41, 5.74) is 2.29. The van der Waals surface area contributed by atoms with E-state index in [-0.39, 0.29) is 0 Å². The van der Waals surface area contributed by atoms with Gasteiger partial charge in [0.15, 0.2) is 0 Å². The Morgan fingerprint density at radius 2 is 1.95 bits per heavy atom. The molecule has 3 rings (SSSR count). The minimum atomic E-state index is 0.508. The zero-order valence-corrected chi connectivity index (χ0v) is 12.8. The average molecular weight is 304 g/mol. The van der Waals surface area contributed by atoms with E-state index in [2.05, 4.69) is 34.3 Å². The van der Waals surface area contributed by atoms with E-state index in [4.69, 9.17) is 11.6 Å². The van der Waals surface area contributed by atoms with Gasteiger partial charge in [0.1, 0.15) is 9.98 Å². The SMILES string of the molecule is CCNc1nc(Cl)c2c(-c3ccccc3)c(C)sc2n1. The lowest BCUT2D eigenvalue weighted by atomic mass is 10.0. The first-order chi connectivity index (χ1) is 9.70. The second kappa shape index (κ2) is 5.38. The zero-order valence-electron chi connectivity index (χ0n) is 11.3. The molecule has 5 heteroatoms. The molecule has 2 aromatic heterocycles. The number of nitrogens with zero attached hydrogens (tertiary/aromatic N) is 2. The van der Waals surface area contributed by atoms with E-state index in [0.29, 0.717) is 11.1 Å². The third-order valence-electron chi connectivity index (χ3n) is 3.08. The Morgan fingerprint density at radius 3 is 2.65 bits per heavy atom. The Kier molecular flexibility index (Phi) is 3.59. The van der Waals surface area contributed by atoms with Crippen LogP contribution < -0.4 is 5.32 Å². The van der Waals surface area contributed by atoms with Crippen molar-refractivity contribution in [2.24, 2.45) is 0 Å². The van der Waals surface area contributed by atoms with Gasteiger partial charge in [0.05, 0.1) is 5.39 Å². The zero-order chi connectivity index (χ0) is 14.1. The van der Waals surface area contributed by atoms with Crippen LogP contribution in [0, 0.1) is 6.92 Å². The minimum absolute atomic E-state index is 0.508. The third-order valence-corrected chi connectivity index (χ3v) is 4.35. The lowest BCUT2D eigenvalue weighted by Gasteiger charge is -2.05. The van der Waals surface area contributed by atoms with Crippen LogP contribution >= 0.6 is 22.9 Å². The maximum Gasteiger partial charge on any atom is 0.225 e. The average Bonchev–Trinajstić information content (AvgIpc) is 2.77. The predicted molar refractivity (Wildman–Crippen MR) is 86.8 cm³/mol. The summed E-state index contributed by atoms with van der Waals surface area (Å²) in [6.45, 7) is 4.88. The maximum absolute atomic E-state index is 6.38. The molecule has 0 aliphatic rings. The molecule has 0 aliphatic heterocycles. The van der Waals surface area contributed by atoms with Crippen LogP contribution in [0.5, 0.6) is 0 Å². The molecule has 1 aromatic carbocycles. The molecule has 0 saturated heterocycles. The van der Waals surface area contributed by atoms with E-state index in [0.717, 1.165) is 27.9 Å². The van der Waals surface area contributed by atoms with Gasteiger partial charge in [0, 0.05) is 17.0 Å². The monoisotopic (exact) mass is 303 g/mol. The summed E-state index contributed by atoms with van der Waals surface area (Å²) in [5, 5.41) is 4.56. The summed E-state index contributed by atoms with van der Waals surface area (Å²) in [4.78, 5) is 11.0. The van der Waals surface area contributed by atoms with Crippen LogP contribution in [0.3, 0.4) is 0 Å². The quantitative estimate of drug-likeness (QED) is 0.709. The Morgan fingerprint density at radius 1 is 1.20 bits per heavy atom. The Bertz CT molecular complexity index is 753. The van der Waals surface area contributed by atoms with Crippen molar-refractivity contribution >= 4 is 39.1 Å². The highest BCUT2D eigenvalue weighted by Crippen LogP contribution is 2.40. The van der Waals surface area contributed by atoms with Crippen LogP contribution in [0.15, 0.2) is 30.3 Å². The first-order valence-corrected chi connectivity index (χ1v) is 7.66. The Balaban J connectivity index is 2.26. The molecule has 0 aliphatic carbocycles. The van der Waals surface area contributed by atoms with Gasteiger partial charge in [-0.3, -0.25) is 0 Å². The van der Waals surface area contributed by atoms with Gasteiger partial charge in [-0.25, -0.2) is 9.97 Å². The summed E-state index contributed by atoms with van der Waals surface area (Å²) >= 11 is 8.03. The fourth-order valence-corrected chi connectivity index (χ4v) is 3.62. The number of fused-ring (bicyclic) bond motifs is 1. The fraction of sp³-hybridized carbons (Fsp3) is 0.200. The van der Waals surface area contributed by atoms with E-state index in [9.17, 15) is 0 Å². The predicted octanol–water partition coefficient (Wildman–Crippen LogP) is 4.75. The number of benzene rings is 1. The molecule has 3 aromatic rings. The molecule has 2 heterocycles. The number of thiophene rings is 1. The Labute approximate surface area is 126 Å². The number of anilines is 1. The number of halogens is 1. The molecular weight excluding hydrogens is 290 g/mol. The molecule has 20 heavy (non-hydrogen) atoms. The second-order valence-corrected chi connectivity index (χ2v) is 6.01. The molecule has 0 spiro atoms. The molecule has 0 bridgehead atoms. The number of nitrogens with one attached hydrogen (secondary N) is 1. The number of hydrogen-bond donors (Lipinski definition) is 1. The summed E-state index contributed by atoms with van der Waals surface area (Å²) in [6, 6.07) is 10.2. The van der Waals surface area contributed by atoms with E-state index < -0.39 is 0 Å². The Hall–Kier alpha value is -1.65. The van der Waals surface area contributed by atoms with Crippen molar-refractivity contribution in [1.29, 1.82) is 0 Å². The second-order valence-electron chi connectivity index (χ2n) is 4.45. The standard InChI is InChI=1S/C15H14ClN3S/c1-3-17-15-18-13(16)12-11(9(2)20-14(12)19-15)10-7-5-4-6-8-10/h4-8H,3H2,1-2H3,(H,17,18,19). The maximum atomic E-state index is 6.38. The van der Waals surface area contributed by atoms with Crippen molar-refractivity contribution in [3.63, 3.8) is 0 Å². The topological polar surface area (TPSA) is 37.8 Å². The van der Waals surface area contributed by atoms with Crippen molar-refractivity contribution in [1.82, 2.24) is 9.97 Å². The molecule has 0 radical (unpaired) electrons. The summed E-state index contributed by atoms with van der Waals surface area (Å²) in [5.74, 6) is 0.589. The molecule has 0 fully saturated rings. The minimum Gasteiger partial charge on any atom is -0.354 e. The van der Waals surface area contributed by atoms with Crippen molar-refractivity contribution in [3.8, 4) is 11.1 Å². The largest absolute Gasteiger partial charge is 0.354 e. The molecule has 0 amide bonds. The molecular formula is C15H14ClN3S. The first kappa shape index (κ1) is 13.3. The van der Waals surface area contributed by atoms with Crippen molar-refractivity contribution < 1.29 is 0 Å². The molecule has 0 atom stereocenters. The summed E-state index contributed by atoms with van der Waals surface area (Å²) in [6.07, 6.45) is 0. The van der Waals surface area contributed by atoms with Crippen molar-refractivity contribution in [2.45, 2.75) is 13.8 Å². The molecule has 0 unspecified atom stereocenters. The van der Waals surface area contributed by atoms with E-state index in [1.165, 1.54) is 4.88 Å². The van der Waals surface area contributed by atoms with Crippen LogP contribution in [-0.4, -0.2) is 16.5 Å². The van der Waals surface area contributed by atoms with E-state index in [1.54, 1.807) is 11.3 Å². The lowest BCUT2D eigenvalue weighted by Crippen LogP contribution is -2.01. The summed E-state index contributed by atoms with van der Waals surface area (Å²) < 4.78 is 0. The van der Waals surface area contributed by atoms with Crippen molar-refractivity contribution in [3.05, 3.63) is 40.4 Å². The highest BCUT2D eigenvalue weighted by molar-refractivity contribution is 7.19. The summed E-state index contributed by atoms with van der Waals surface area (Å²) in [7, 11) is 0. The van der Waals surface area contributed by atoms with E-state index in [1.807, 2.05) is 25.1 Å². The van der Waals surface area contributed by atoms with Crippen LogP contribution in [0.4, 0.5) is 5.95 Å². The number of rotatable bonds is 3. The van der Waals surface area contributed by atoms with Gasteiger partial charge in [-0.05, 0) is 19.4 Å². The normalized spacial score (nSPS) is 10.9. The molecule has 0 saturated carbocycles. The van der Waals surface area contributed by atoms with Crippen LogP contribution in [-0.2, 0) is 0 Å². The fourth-order valence-electron chi connectivity index (χ4n) is 2.26. The van der Waals surface area contributed by atoms with Crippen molar-refractivity contribution in [2.75, 3.05) is 11.9 Å². The number of aromatic nitrogens is 2. The van der Waals surface area contributed by atoms with Crippen LogP contribution in [0.2, 0.25) is 5.15 Å². The highest BCUT2D eigenvalue weighted by Gasteiger charge is 2.17. The van der Waals surface area contributed by atoms with Gasteiger partial charge >= 0.3 is 0 Å². The molecule has 1 N–H and O–H groups in total. The number of aryl methyl sites for hydroxylation is 1. The van der Waals surface area contributed by atoms with Crippen LogP contribution in [0.25, 0.3) is 21.3 Å². The van der Waals surface area contributed by atoms with Gasteiger partial charge in [0.25, 0.3) is 0 Å². The lowest BCUT2D eigenvalue weighted by molar-refractivity contribution is 1.11. The highest BCUT2D eigenvalue weighted by atomic mass is 35.5. The van der Waals surface area contributed by atoms with Gasteiger partial charge < -0.3 is 5.32 Å². The van der Waals surface area contributed by atoms with Gasteiger partial charge in [-0.1, -0.05) is 41.9 Å². The van der Waals surface area contributed by atoms with Gasteiger partial charge in [-0.2, -0.15) is 0 Å². The third kappa shape index (κ3) is 2.25.